The van der Waals surface area contributed by atoms with Gasteiger partial charge in [0.1, 0.15) is 0 Å². The monoisotopic (exact) mass is 425 g/mol. The van der Waals surface area contributed by atoms with Crippen LogP contribution in [-0.4, -0.2) is 21.8 Å². The molecule has 0 aliphatic carbocycles. The Hall–Kier alpha value is -3.12. The lowest BCUT2D eigenvalue weighted by atomic mass is 10.1. The summed E-state index contributed by atoms with van der Waals surface area (Å²) in [4.78, 5) is 24.9. The zero-order chi connectivity index (χ0) is 21.7. The smallest absolute Gasteiger partial charge is 0.271 e. The summed E-state index contributed by atoms with van der Waals surface area (Å²) in [6.45, 7) is 6.13. The number of rotatable bonds is 7. The summed E-state index contributed by atoms with van der Waals surface area (Å²) in [6.07, 6.45) is -0.273. The van der Waals surface area contributed by atoms with Crippen LogP contribution in [-0.2, 0) is 11.3 Å². The average molecular weight is 426 g/mol. The number of benzene rings is 2. The molecule has 1 N–H and O–H groups in total. The number of carbonyl (C=O) groups is 1. The maximum atomic E-state index is 12.6. The van der Waals surface area contributed by atoms with Gasteiger partial charge in [0.05, 0.1) is 5.69 Å². The molecule has 0 aliphatic heterocycles. The summed E-state index contributed by atoms with van der Waals surface area (Å²) in [6, 6.07) is 16.0. The maximum absolute atomic E-state index is 12.6. The molecule has 1 unspecified atom stereocenters. The van der Waals surface area contributed by atoms with Crippen LogP contribution in [0.15, 0.2) is 59.4 Å². The highest BCUT2D eigenvalue weighted by Crippen LogP contribution is 2.19. The lowest BCUT2D eigenvalue weighted by Crippen LogP contribution is -2.38. The van der Waals surface area contributed by atoms with E-state index in [9.17, 15) is 9.59 Å². The van der Waals surface area contributed by atoms with Crippen molar-refractivity contribution in [2.24, 2.45) is 0 Å². The van der Waals surface area contributed by atoms with E-state index in [0.717, 1.165) is 16.7 Å². The molecule has 0 aliphatic rings. The second-order valence-electron chi connectivity index (χ2n) is 7.07. The van der Waals surface area contributed by atoms with Gasteiger partial charge in [0, 0.05) is 23.7 Å². The van der Waals surface area contributed by atoms with E-state index in [1.807, 2.05) is 51.1 Å². The third-order valence-electron chi connectivity index (χ3n) is 4.65. The Labute approximate surface area is 180 Å². The van der Waals surface area contributed by atoms with E-state index in [4.69, 9.17) is 16.3 Å². The highest BCUT2D eigenvalue weighted by Gasteiger charge is 2.19. The van der Waals surface area contributed by atoms with Gasteiger partial charge in [0.2, 0.25) is 5.88 Å². The molecule has 3 aromatic rings. The van der Waals surface area contributed by atoms with Crippen molar-refractivity contribution < 1.29 is 9.53 Å². The summed E-state index contributed by atoms with van der Waals surface area (Å²) in [5, 5.41) is 7.68. The summed E-state index contributed by atoms with van der Waals surface area (Å²) in [5.41, 5.74) is 3.24. The highest BCUT2D eigenvalue weighted by atomic mass is 35.5. The van der Waals surface area contributed by atoms with Crippen molar-refractivity contribution in [1.29, 1.82) is 0 Å². The maximum Gasteiger partial charge on any atom is 0.271 e. The molecule has 0 saturated heterocycles. The van der Waals surface area contributed by atoms with Gasteiger partial charge in [-0.25, -0.2) is 0 Å². The van der Waals surface area contributed by atoms with Crippen LogP contribution in [0.1, 0.15) is 30.0 Å². The quantitative estimate of drug-likeness (QED) is 0.621. The van der Waals surface area contributed by atoms with E-state index >= 15 is 0 Å². The molecular formula is C23H24ClN3O3. The van der Waals surface area contributed by atoms with Crippen LogP contribution in [0, 0.1) is 13.8 Å². The van der Waals surface area contributed by atoms with Crippen molar-refractivity contribution in [2.45, 2.75) is 39.8 Å². The van der Waals surface area contributed by atoms with Crippen molar-refractivity contribution in [3.05, 3.63) is 86.7 Å². The van der Waals surface area contributed by atoms with E-state index in [-0.39, 0.29) is 17.3 Å². The van der Waals surface area contributed by atoms with Crippen LogP contribution in [0.4, 0.5) is 0 Å². The molecule has 7 heteroatoms. The molecule has 1 amide bonds. The fraction of sp³-hybridized carbons (Fsp3) is 0.261. The Morgan fingerprint density at radius 3 is 2.70 bits per heavy atom. The summed E-state index contributed by atoms with van der Waals surface area (Å²) in [5.74, 6) is -0.0518. The number of ether oxygens (including phenoxy) is 1. The van der Waals surface area contributed by atoms with Crippen molar-refractivity contribution in [3.63, 3.8) is 0 Å². The molecule has 2 aromatic carbocycles. The van der Waals surface area contributed by atoms with Gasteiger partial charge in [-0.1, -0.05) is 54.4 Å². The van der Waals surface area contributed by atoms with Gasteiger partial charge in [-0.15, -0.1) is 5.10 Å². The first kappa shape index (κ1) is 21.6. The van der Waals surface area contributed by atoms with Gasteiger partial charge in [-0.2, -0.15) is 4.68 Å². The van der Waals surface area contributed by atoms with Gasteiger partial charge < -0.3 is 10.1 Å². The molecule has 6 nitrogen and oxygen atoms in total. The first-order chi connectivity index (χ1) is 14.4. The topological polar surface area (TPSA) is 73.2 Å². The largest absolute Gasteiger partial charge is 0.463 e. The Kier molecular flexibility index (Phi) is 6.90. The average Bonchev–Trinajstić information content (AvgIpc) is 2.73. The van der Waals surface area contributed by atoms with E-state index < -0.39 is 6.10 Å². The Morgan fingerprint density at radius 1 is 1.17 bits per heavy atom. The third kappa shape index (κ3) is 5.27. The number of halogens is 1. The van der Waals surface area contributed by atoms with Crippen LogP contribution in [0.3, 0.4) is 0 Å². The van der Waals surface area contributed by atoms with Crippen LogP contribution < -0.4 is 15.6 Å². The minimum absolute atomic E-state index is 0.187. The number of aromatic nitrogens is 2. The Bertz CT molecular complexity index is 1110. The zero-order valence-corrected chi connectivity index (χ0v) is 17.9. The molecule has 0 fully saturated rings. The Morgan fingerprint density at radius 2 is 1.97 bits per heavy atom. The molecule has 0 radical (unpaired) electrons. The van der Waals surface area contributed by atoms with Gasteiger partial charge in [0.25, 0.3) is 11.5 Å². The van der Waals surface area contributed by atoms with Gasteiger partial charge in [-0.3, -0.25) is 9.59 Å². The van der Waals surface area contributed by atoms with Gasteiger partial charge in [-0.05, 0) is 43.5 Å². The normalized spacial score (nSPS) is 11.7. The van der Waals surface area contributed by atoms with Crippen molar-refractivity contribution in [3.8, 4) is 11.6 Å². The van der Waals surface area contributed by atoms with Crippen LogP contribution >= 0.6 is 11.6 Å². The van der Waals surface area contributed by atoms with Crippen LogP contribution in [0.2, 0.25) is 5.02 Å². The number of carbonyl (C=O) groups excluding carboxylic acids is 1. The number of amides is 1. The molecule has 1 heterocycles. The van der Waals surface area contributed by atoms with E-state index in [2.05, 4.69) is 10.4 Å². The number of nitrogens with one attached hydrogen (secondary N) is 1. The fourth-order valence-electron chi connectivity index (χ4n) is 3.03. The lowest BCUT2D eigenvalue weighted by molar-refractivity contribution is -0.128. The molecule has 1 atom stereocenters. The first-order valence-electron chi connectivity index (χ1n) is 9.74. The summed E-state index contributed by atoms with van der Waals surface area (Å²) < 4.78 is 7.04. The minimum atomic E-state index is -0.728. The molecule has 3 rings (SSSR count). The predicted molar refractivity (Wildman–Crippen MR) is 117 cm³/mol. The van der Waals surface area contributed by atoms with Crippen molar-refractivity contribution in [2.75, 3.05) is 0 Å². The molecule has 0 bridgehead atoms. The second-order valence-corrected chi connectivity index (χ2v) is 7.51. The standard InChI is InChI=1S/C23H24ClN3O3/c1-4-20(23(29)25-14-17-7-5-6-15(2)12-17)30-21-10-11-22(28)27(26-21)19-13-18(24)9-8-16(19)3/h5-13,20H,4,14H2,1-3H3,(H,25,29). The molecule has 1 aromatic heterocycles. The Balaban J connectivity index is 1.76. The third-order valence-corrected chi connectivity index (χ3v) is 4.89. The molecule has 156 valence electrons. The number of hydrogen-bond acceptors (Lipinski definition) is 4. The van der Waals surface area contributed by atoms with Gasteiger partial charge >= 0.3 is 0 Å². The molecule has 0 saturated carbocycles. The van der Waals surface area contributed by atoms with Crippen LogP contribution in [0.5, 0.6) is 5.88 Å². The summed E-state index contributed by atoms with van der Waals surface area (Å²) >= 11 is 6.07. The SMILES string of the molecule is CCC(Oc1ccc(=O)n(-c2cc(Cl)ccc2C)n1)C(=O)NCc1cccc(C)c1. The zero-order valence-electron chi connectivity index (χ0n) is 17.2. The number of aryl methyl sites for hydroxylation is 2. The van der Waals surface area contributed by atoms with Crippen molar-refractivity contribution >= 4 is 17.5 Å². The van der Waals surface area contributed by atoms with Crippen LogP contribution in [0.25, 0.3) is 5.69 Å². The highest BCUT2D eigenvalue weighted by molar-refractivity contribution is 6.30. The lowest BCUT2D eigenvalue weighted by Gasteiger charge is -2.17. The molecule has 0 spiro atoms. The van der Waals surface area contributed by atoms with E-state index in [0.29, 0.717) is 23.7 Å². The number of hydrogen-bond donors (Lipinski definition) is 1. The number of nitrogens with zero attached hydrogens (tertiary/aromatic N) is 2. The predicted octanol–water partition coefficient (Wildman–Crippen LogP) is 3.98. The van der Waals surface area contributed by atoms with E-state index in [1.165, 1.54) is 16.8 Å². The second kappa shape index (κ2) is 9.59. The molecular weight excluding hydrogens is 402 g/mol. The van der Waals surface area contributed by atoms with E-state index in [1.54, 1.807) is 12.1 Å². The first-order valence-corrected chi connectivity index (χ1v) is 10.1. The minimum Gasteiger partial charge on any atom is -0.463 e. The summed E-state index contributed by atoms with van der Waals surface area (Å²) in [7, 11) is 0. The van der Waals surface area contributed by atoms with Crippen molar-refractivity contribution in [1.82, 2.24) is 15.1 Å². The molecule has 30 heavy (non-hydrogen) atoms. The van der Waals surface area contributed by atoms with Gasteiger partial charge in [0.15, 0.2) is 6.10 Å². The fourth-order valence-corrected chi connectivity index (χ4v) is 3.20.